The van der Waals surface area contributed by atoms with E-state index in [1.807, 2.05) is 0 Å². The van der Waals surface area contributed by atoms with Gasteiger partial charge in [-0.05, 0) is 12.2 Å². The van der Waals surface area contributed by atoms with Crippen LogP contribution in [0.4, 0.5) is 0 Å². The van der Waals surface area contributed by atoms with Crippen molar-refractivity contribution in [2.75, 3.05) is 5.75 Å². The molecule has 0 rings (SSSR count). The molecule has 0 nitrogen and oxygen atoms in total. The van der Waals surface area contributed by atoms with Crippen LogP contribution in [0.2, 0.25) is 0 Å². The molecule has 0 N–H and O–H groups in total. The van der Waals surface area contributed by atoms with Gasteiger partial charge in [-0.3, -0.25) is 0 Å². The van der Waals surface area contributed by atoms with Crippen LogP contribution in [-0.2, 0) is 0 Å². The number of thiol groups is 1. The third-order valence-corrected chi connectivity index (χ3v) is 0.974. The maximum Gasteiger partial charge on any atom is -0.00979 e. The van der Waals surface area contributed by atoms with Crippen molar-refractivity contribution in [3.05, 3.63) is 6.92 Å². The lowest BCUT2D eigenvalue weighted by Crippen LogP contribution is -1.71. The number of rotatable bonds is 3. The van der Waals surface area contributed by atoms with Crippen molar-refractivity contribution in [2.24, 2.45) is 0 Å². The molecule has 0 saturated carbocycles. The molecule has 1 radical (unpaired) electrons. The molecule has 37 valence electrons. The first-order chi connectivity index (χ1) is 2.91. The highest BCUT2D eigenvalue weighted by Gasteiger charge is 1.76. The minimum absolute atomic E-state index is 1.01. The molecule has 0 aromatic rings. The second-order valence-corrected chi connectivity index (χ2v) is 1.73. The van der Waals surface area contributed by atoms with Crippen LogP contribution >= 0.6 is 12.6 Å². The average molecular weight is 103 g/mol. The molecule has 0 amide bonds. The smallest absolute Gasteiger partial charge is 0.00979 e. The van der Waals surface area contributed by atoms with Gasteiger partial charge in [-0.25, -0.2) is 0 Å². The molecule has 0 aromatic heterocycles. The maximum atomic E-state index is 4.03. The Hall–Kier alpha value is 0.350. The molecule has 6 heavy (non-hydrogen) atoms. The van der Waals surface area contributed by atoms with Crippen LogP contribution in [-0.4, -0.2) is 5.75 Å². The summed E-state index contributed by atoms with van der Waals surface area (Å²) in [6, 6.07) is 0. The van der Waals surface area contributed by atoms with E-state index in [-0.39, 0.29) is 0 Å². The molecule has 0 heterocycles. The zero-order valence-electron chi connectivity index (χ0n) is 3.98. The second kappa shape index (κ2) is 5.35. The fourth-order valence-corrected chi connectivity index (χ4v) is 0.512. The van der Waals surface area contributed by atoms with Gasteiger partial charge in [-0.2, -0.15) is 12.6 Å². The first kappa shape index (κ1) is 6.35. The highest BCUT2D eigenvalue weighted by atomic mass is 32.1. The fourth-order valence-electron chi connectivity index (χ4n) is 0.289. The highest BCUT2D eigenvalue weighted by Crippen LogP contribution is 1.93. The Morgan fingerprint density at radius 2 is 2.00 bits per heavy atom. The first-order valence-corrected chi connectivity index (χ1v) is 2.95. The van der Waals surface area contributed by atoms with Crippen LogP contribution < -0.4 is 0 Å². The molecule has 0 aliphatic carbocycles. The summed E-state index contributed by atoms with van der Waals surface area (Å²) < 4.78 is 0. The van der Waals surface area contributed by atoms with Gasteiger partial charge in [0.05, 0.1) is 0 Å². The predicted octanol–water partition coefficient (Wildman–Crippen LogP) is 1.92. The summed E-state index contributed by atoms with van der Waals surface area (Å²) >= 11 is 4.03. The van der Waals surface area contributed by atoms with Crippen LogP contribution in [0.25, 0.3) is 0 Å². The monoisotopic (exact) mass is 103 g/mol. The summed E-state index contributed by atoms with van der Waals surface area (Å²) in [6.07, 6.45) is 3.50. The zero-order valence-corrected chi connectivity index (χ0v) is 4.88. The second-order valence-electron chi connectivity index (χ2n) is 1.28. The van der Waals surface area contributed by atoms with Crippen LogP contribution in [0.15, 0.2) is 0 Å². The van der Waals surface area contributed by atoms with Crippen molar-refractivity contribution in [1.29, 1.82) is 0 Å². The Balaban J connectivity index is 2.34. The third kappa shape index (κ3) is 4.35. The normalized spacial score (nSPS) is 9.00. The van der Waals surface area contributed by atoms with E-state index in [9.17, 15) is 0 Å². The molecule has 0 aromatic carbocycles. The summed E-state index contributed by atoms with van der Waals surface area (Å²) in [5.74, 6) is 1.01. The Morgan fingerprint density at radius 3 is 2.17 bits per heavy atom. The molecule has 0 atom stereocenters. The summed E-state index contributed by atoms with van der Waals surface area (Å²) in [4.78, 5) is 0. The Morgan fingerprint density at radius 1 is 1.33 bits per heavy atom. The van der Waals surface area contributed by atoms with E-state index < -0.39 is 0 Å². The van der Waals surface area contributed by atoms with Gasteiger partial charge < -0.3 is 0 Å². The summed E-state index contributed by atoms with van der Waals surface area (Å²) in [5, 5.41) is 0. The number of hydrogen-bond donors (Lipinski definition) is 1. The van der Waals surface area contributed by atoms with Gasteiger partial charge in [0.25, 0.3) is 0 Å². The van der Waals surface area contributed by atoms with E-state index in [1.165, 1.54) is 12.8 Å². The van der Waals surface area contributed by atoms with Crippen molar-refractivity contribution < 1.29 is 0 Å². The van der Waals surface area contributed by atoms with Gasteiger partial charge in [0.15, 0.2) is 0 Å². The fraction of sp³-hybridized carbons (Fsp3) is 0.800. The maximum absolute atomic E-state index is 4.03. The van der Waals surface area contributed by atoms with E-state index in [0.29, 0.717) is 0 Å². The van der Waals surface area contributed by atoms with Crippen LogP contribution in [0.5, 0.6) is 0 Å². The Bertz CT molecular complexity index is 15.9. The standard InChI is InChI=1S/C5H11S/c1-2-3-4-5-6/h6H,1-5H2. The summed E-state index contributed by atoms with van der Waals surface area (Å²) in [5.41, 5.74) is 0. The molecular formula is C5H11S. The van der Waals surface area contributed by atoms with Crippen molar-refractivity contribution >= 4 is 12.6 Å². The number of hydrogen-bond acceptors (Lipinski definition) is 1. The summed E-state index contributed by atoms with van der Waals surface area (Å²) in [7, 11) is 0. The first-order valence-electron chi connectivity index (χ1n) is 2.32. The number of unbranched alkanes of at least 4 members (excludes halogenated alkanes) is 2. The van der Waals surface area contributed by atoms with Gasteiger partial charge >= 0.3 is 0 Å². The minimum Gasteiger partial charge on any atom is -0.179 e. The minimum atomic E-state index is 1.01. The summed E-state index contributed by atoms with van der Waals surface area (Å²) in [6.45, 7) is 3.69. The molecular weight excluding hydrogens is 92.1 g/mol. The molecule has 1 heteroatoms. The Kier molecular flexibility index (Phi) is 5.66. The van der Waals surface area contributed by atoms with E-state index >= 15 is 0 Å². The van der Waals surface area contributed by atoms with Gasteiger partial charge in [-0.15, -0.1) is 0 Å². The van der Waals surface area contributed by atoms with Gasteiger partial charge in [0.1, 0.15) is 0 Å². The molecule has 0 fully saturated rings. The van der Waals surface area contributed by atoms with E-state index in [2.05, 4.69) is 19.6 Å². The van der Waals surface area contributed by atoms with Gasteiger partial charge in [0, 0.05) is 0 Å². The molecule has 0 unspecified atom stereocenters. The third-order valence-electron chi connectivity index (χ3n) is 0.658. The average Bonchev–Trinajstić information content (AvgIpc) is 1.61. The largest absolute Gasteiger partial charge is 0.179 e. The zero-order chi connectivity index (χ0) is 4.83. The van der Waals surface area contributed by atoms with E-state index in [4.69, 9.17) is 0 Å². The SMILES string of the molecule is [CH2]CCCCS. The topological polar surface area (TPSA) is 0 Å². The lowest BCUT2D eigenvalue weighted by Gasteiger charge is -1.85. The van der Waals surface area contributed by atoms with Crippen molar-refractivity contribution in [3.63, 3.8) is 0 Å². The lowest BCUT2D eigenvalue weighted by atomic mass is 10.3. The Labute approximate surface area is 45.4 Å². The van der Waals surface area contributed by atoms with Crippen molar-refractivity contribution in [2.45, 2.75) is 19.3 Å². The lowest BCUT2D eigenvalue weighted by molar-refractivity contribution is 0.823. The van der Waals surface area contributed by atoms with Gasteiger partial charge in [0.2, 0.25) is 0 Å². The van der Waals surface area contributed by atoms with Gasteiger partial charge in [-0.1, -0.05) is 19.8 Å². The van der Waals surface area contributed by atoms with Crippen LogP contribution in [0, 0.1) is 6.92 Å². The molecule has 0 bridgehead atoms. The van der Waals surface area contributed by atoms with E-state index in [0.717, 1.165) is 12.2 Å². The quantitative estimate of drug-likeness (QED) is 0.409. The predicted molar refractivity (Wildman–Crippen MR) is 33.1 cm³/mol. The van der Waals surface area contributed by atoms with E-state index in [1.54, 1.807) is 0 Å². The molecule has 0 aliphatic rings. The molecule has 0 aliphatic heterocycles. The molecule has 0 spiro atoms. The van der Waals surface area contributed by atoms with Crippen LogP contribution in [0.3, 0.4) is 0 Å². The van der Waals surface area contributed by atoms with Crippen molar-refractivity contribution in [1.82, 2.24) is 0 Å². The van der Waals surface area contributed by atoms with Crippen molar-refractivity contribution in [3.8, 4) is 0 Å². The van der Waals surface area contributed by atoms with Crippen LogP contribution in [0.1, 0.15) is 19.3 Å². The molecule has 0 saturated heterocycles. The highest BCUT2D eigenvalue weighted by molar-refractivity contribution is 7.80.